The lowest BCUT2D eigenvalue weighted by molar-refractivity contribution is 0.102. The van der Waals surface area contributed by atoms with E-state index < -0.39 is 5.82 Å². The first-order valence-corrected chi connectivity index (χ1v) is 9.73. The molecule has 28 heavy (non-hydrogen) atoms. The number of carbonyl (C=O) groups excluding carboxylic acids is 1. The predicted molar refractivity (Wildman–Crippen MR) is 111 cm³/mol. The first-order chi connectivity index (χ1) is 13.5. The van der Waals surface area contributed by atoms with E-state index in [0.29, 0.717) is 11.3 Å². The van der Waals surface area contributed by atoms with Gasteiger partial charge >= 0.3 is 0 Å². The van der Waals surface area contributed by atoms with E-state index in [1.807, 2.05) is 18.2 Å². The Bertz CT molecular complexity index is 1030. The van der Waals surface area contributed by atoms with Crippen molar-refractivity contribution >= 4 is 28.3 Å². The van der Waals surface area contributed by atoms with Gasteiger partial charge in [-0.1, -0.05) is 13.0 Å². The molecule has 1 aliphatic heterocycles. The molecule has 4 rings (SSSR count). The highest BCUT2D eigenvalue weighted by molar-refractivity contribution is 6.05. The van der Waals surface area contributed by atoms with Crippen molar-refractivity contribution in [2.24, 2.45) is 5.92 Å². The number of carbonyl (C=O) groups is 1. The zero-order chi connectivity index (χ0) is 19.7. The van der Waals surface area contributed by atoms with Gasteiger partial charge in [0.2, 0.25) is 0 Å². The Balaban J connectivity index is 1.58. The lowest BCUT2D eigenvalue weighted by Gasteiger charge is -2.31. The molecule has 2 heterocycles. The third-order valence-corrected chi connectivity index (χ3v) is 5.45. The van der Waals surface area contributed by atoms with E-state index >= 15 is 0 Å². The molecule has 2 aromatic carbocycles. The van der Waals surface area contributed by atoms with Gasteiger partial charge in [0.1, 0.15) is 11.6 Å². The summed E-state index contributed by atoms with van der Waals surface area (Å²) in [5.74, 6) is 1.05. The van der Waals surface area contributed by atoms with Crippen LogP contribution in [0.2, 0.25) is 0 Å². The minimum absolute atomic E-state index is 0.296. The molecule has 1 N–H and O–H groups in total. The highest BCUT2D eigenvalue weighted by Gasteiger charge is 2.18. The summed E-state index contributed by atoms with van der Waals surface area (Å²) in [5, 5.41) is 3.85. The molecule has 0 atom stereocenters. The number of aryl methyl sites for hydroxylation is 1. The Morgan fingerprint density at radius 3 is 2.68 bits per heavy atom. The number of hydrogen-bond acceptors (Lipinski definition) is 3. The molecule has 1 saturated heterocycles. The monoisotopic (exact) mass is 377 g/mol. The summed E-state index contributed by atoms with van der Waals surface area (Å²) in [6.07, 6.45) is 2.40. The van der Waals surface area contributed by atoms with Crippen LogP contribution in [0.15, 0.2) is 48.5 Å². The molecule has 5 heteroatoms. The molecule has 0 aliphatic carbocycles. The number of fused-ring (bicyclic) bond motifs is 1. The number of anilines is 2. The lowest BCUT2D eigenvalue weighted by atomic mass is 9.99. The molecular weight excluding hydrogens is 353 g/mol. The Kier molecular flexibility index (Phi) is 4.99. The minimum Gasteiger partial charge on any atom is -0.357 e. The number of piperidine rings is 1. The number of amides is 1. The Hall–Kier alpha value is -2.95. The fourth-order valence-electron chi connectivity index (χ4n) is 3.69. The summed E-state index contributed by atoms with van der Waals surface area (Å²) in [7, 11) is 0. The summed E-state index contributed by atoms with van der Waals surface area (Å²) in [6, 6.07) is 13.5. The van der Waals surface area contributed by atoms with E-state index in [4.69, 9.17) is 4.98 Å². The topological polar surface area (TPSA) is 45.2 Å². The maximum atomic E-state index is 13.3. The number of nitrogens with zero attached hydrogens (tertiary/aromatic N) is 2. The summed E-state index contributed by atoms with van der Waals surface area (Å²) in [4.78, 5) is 19.6. The van der Waals surface area contributed by atoms with Crippen molar-refractivity contribution in [1.29, 1.82) is 0 Å². The van der Waals surface area contributed by atoms with Crippen LogP contribution in [0.3, 0.4) is 0 Å². The summed E-state index contributed by atoms with van der Waals surface area (Å²) in [5.41, 5.74) is 3.01. The van der Waals surface area contributed by atoms with Crippen LogP contribution in [-0.2, 0) is 0 Å². The average molecular weight is 377 g/mol. The second-order valence-electron chi connectivity index (χ2n) is 7.66. The van der Waals surface area contributed by atoms with E-state index in [-0.39, 0.29) is 5.91 Å². The SMILES string of the molecule is Cc1cc(N2CCC(C)CC2)nc2ccc(NC(=O)c3cccc(F)c3)cc12. The van der Waals surface area contributed by atoms with Crippen molar-refractivity contribution in [2.45, 2.75) is 26.7 Å². The molecule has 144 valence electrons. The van der Waals surface area contributed by atoms with Gasteiger partial charge in [0, 0.05) is 29.7 Å². The molecule has 1 aromatic heterocycles. The van der Waals surface area contributed by atoms with Crippen LogP contribution in [-0.4, -0.2) is 24.0 Å². The van der Waals surface area contributed by atoms with Gasteiger partial charge in [-0.15, -0.1) is 0 Å². The zero-order valence-corrected chi connectivity index (χ0v) is 16.2. The summed E-state index contributed by atoms with van der Waals surface area (Å²) in [6.45, 7) is 6.45. The van der Waals surface area contributed by atoms with Crippen molar-refractivity contribution in [2.75, 3.05) is 23.3 Å². The van der Waals surface area contributed by atoms with Gasteiger partial charge in [0.05, 0.1) is 5.52 Å². The average Bonchev–Trinajstić information content (AvgIpc) is 2.69. The van der Waals surface area contributed by atoms with E-state index in [9.17, 15) is 9.18 Å². The van der Waals surface area contributed by atoms with Gasteiger partial charge in [0.15, 0.2) is 0 Å². The molecule has 0 bridgehead atoms. The van der Waals surface area contributed by atoms with Crippen molar-refractivity contribution in [1.82, 2.24) is 4.98 Å². The number of benzene rings is 2. The van der Waals surface area contributed by atoms with Crippen LogP contribution < -0.4 is 10.2 Å². The Labute approximate surface area is 164 Å². The normalized spacial score (nSPS) is 15.0. The fourth-order valence-corrected chi connectivity index (χ4v) is 3.69. The van der Waals surface area contributed by atoms with Crippen LogP contribution in [0.25, 0.3) is 10.9 Å². The number of aromatic nitrogens is 1. The standard InChI is InChI=1S/C23H24FN3O/c1-15-8-10-27(11-9-15)22-12-16(2)20-14-19(6-7-21(20)26-22)25-23(28)17-4-3-5-18(24)13-17/h3-7,12-15H,8-11H2,1-2H3,(H,25,28). The third-order valence-electron chi connectivity index (χ3n) is 5.45. The molecule has 1 fully saturated rings. The zero-order valence-electron chi connectivity index (χ0n) is 16.2. The van der Waals surface area contributed by atoms with Gasteiger partial charge in [0.25, 0.3) is 5.91 Å². The van der Waals surface area contributed by atoms with Gasteiger partial charge in [-0.2, -0.15) is 0 Å². The van der Waals surface area contributed by atoms with E-state index in [1.54, 1.807) is 6.07 Å². The molecule has 0 radical (unpaired) electrons. The summed E-state index contributed by atoms with van der Waals surface area (Å²) < 4.78 is 13.3. The quantitative estimate of drug-likeness (QED) is 0.685. The molecule has 0 saturated carbocycles. The number of rotatable bonds is 3. The van der Waals surface area contributed by atoms with Crippen LogP contribution >= 0.6 is 0 Å². The smallest absolute Gasteiger partial charge is 0.255 e. The first-order valence-electron chi connectivity index (χ1n) is 9.73. The van der Waals surface area contributed by atoms with E-state index in [1.165, 1.54) is 31.0 Å². The maximum absolute atomic E-state index is 13.3. The molecule has 0 spiro atoms. The van der Waals surface area contributed by atoms with Crippen molar-refractivity contribution < 1.29 is 9.18 Å². The van der Waals surface area contributed by atoms with Crippen molar-refractivity contribution in [3.63, 3.8) is 0 Å². The van der Waals surface area contributed by atoms with Gasteiger partial charge in [-0.05, 0) is 73.7 Å². The lowest BCUT2D eigenvalue weighted by Crippen LogP contribution is -2.33. The van der Waals surface area contributed by atoms with Crippen LogP contribution in [0.4, 0.5) is 15.9 Å². The third kappa shape index (κ3) is 3.84. The van der Waals surface area contributed by atoms with E-state index in [2.05, 4.69) is 30.1 Å². The number of nitrogens with one attached hydrogen (secondary N) is 1. The molecule has 0 unspecified atom stereocenters. The number of halogens is 1. The van der Waals surface area contributed by atoms with Crippen molar-refractivity contribution in [3.8, 4) is 0 Å². The molecular formula is C23H24FN3O. The predicted octanol–water partition coefficient (Wildman–Crippen LogP) is 5.17. The number of hydrogen-bond donors (Lipinski definition) is 1. The van der Waals surface area contributed by atoms with Crippen LogP contribution in [0.1, 0.15) is 35.7 Å². The van der Waals surface area contributed by atoms with Crippen molar-refractivity contribution in [3.05, 3.63) is 65.5 Å². The van der Waals surface area contributed by atoms with Gasteiger partial charge < -0.3 is 10.2 Å². The van der Waals surface area contributed by atoms with Gasteiger partial charge in [-0.25, -0.2) is 9.37 Å². The highest BCUT2D eigenvalue weighted by Crippen LogP contribution is 2.28. The largest absolute Gasteiger partial charge is 0.357 e. The van der Waals surface area contributed by atoms with Crippen LogP contribution in [0.5, 0.6) is 0 Å². The molecule has 1 aliphatic rings. The first kappa shape index (κ1) is 18.4. The second kappa shape index (κ2) is 7.58. The molecule has 4 nitrogen and oxygen atoms in total. The van der Waals surface area contributed by atoms with E-state index in [0.717, 1.165) is 41.3 Å². The Morgan fingerprint density at radius 1 is 1.14 bits per heavy atom. The molecule has 3 aromatic rings. The second-order valence-corrected chi connectivity index (χ2v) is 7.66. The summed E-state index contributed by atoms with van der Waals surface area (Å²) >= 11 is 0. The maximum Gasteiger partial charge on any atom is 0.255 e. The minimum atomic E-state index is -0.425. The highest BCUT2D eigenvalue weighted by atomic mass is 19.1. The number of pyridine rings is 1. The Morgan fingerprint density at radius 2 is 1.93 bits per heavy atom. The van der Waals surface area contributed by atoms with Crippen LogP contribution in [0, 0.1) is 18.7 Å². The molecule has 1 amide bonds. The van der Waals surface area contributed by atoms with Gasteiger partial charge in [-0.3, -0.25) is 4.79 Å². The fraction of sp³-hybridized carbons (Fsp3) is 0.304.